The Morgan fingerprint density at radius 3 is 1.82 bits per heavy atom. The molecule has 0 fully saturated rings. The first-order valence-electron chi connectivity index (χ1n) is 9.30. The van der Waals surface area contributed by atoms with E-state index in [2.05, 4.69) is 5.32 Å². The molecule has 0 aromatic heterocycles. The third-order valence-corrected chi connectivity index (χ3v) is 4.50. The molecule has 28 heavy (non-hydrogen) atoms. The molecule has 2 amide bonds. The minimum atomic E-state index is -0.154. The number of hydrogen-bond donors (Lipinski definition) is 1. The summed E-state index contributed by atoms with van der Waals surface area (Å²) in [5, 5.41) is 2.88. The summed E-state index contributed by atoms with van der Waals surface area (Å²) in [6.07, 6.45) is 1.41. The van der Waals surface area contributed by atoms with Gasteiger partial charge >= 0.3 is 0 Å². The van der Waals surface area contributed by atoms with Crippen LogP contribution in [0.2, 0.25) is 0 Å². The number of benzene rings is 2. The molecule has 0 heterocycles. The molecule has 6 nitrogen and oxygen atoms in total. The summed E-state index contributed by atoms with van der Waals surface area (Å²) in [4.78, 5) is 25.6. The molecule has 0 bridgehead atoms. The van der Waals surface area contributed by atoms with Crippen molar-refractivity contribution >= 4 is 11.8 Å². The fourth-order valence-electron chi connectivity index (χ4n) is 2.77. The predicted molar refractivity (Wildman–Crippen MR) is 109 cm³/mol. The Morgan fingerprint density at radius 1 is 0.857 bits per heavy atom. The van der Waals surface area contributed by atoms with E-state index in [0.29, 0.717) is 19.5 Å². The Morgan fingerprint density at radius 2 is 1.36 bits per heavy atom. The van der Waals surface area contributed by atoms with Gasteiger partial charge in [-0.3, -0.25) is 9.59 Å². The zero-order valence-corrected chi connectivity index (χ0v) is 16.7. The molecule has 0 radical (unpaired) electrons. The van der Waals surface area contributed by atoms with E-state index in [0.717, 1.165) is 29.0 Å². The van der Waals surface area contributed by atoms with Crippen LogP contribution in [0.1, 0.15) is 18.1 Å². The maximum absolute atomic E-state index is 12.2. The van der Waals surface area contributed by atoms with E-state index in [1.165, 1.54) is 6.92 Å². The molecule has 0 unspecified atom stereocenters. The summed E-state index contributed by atoms with van der Waals surface area (Å²) in [5.41, 5.74) is 2.20. The summed E-state index contributed by atoms with van der Waals surface area (Å²) in [7, 11) is 3.25. The van der Waals surface area contributed by atoms with Crippen LogP contribution in [-0.4, -0.2) is 50.6 Å². The van der Waals surface area contributed by atoms with E-state index in [1.54, 1.807) is 19.1 Å². The van der Waals surface area contributed by atoms with E-state index in [9.17, 15) is 9.59 Å². The van der Waals surface area contributed by atoms with Gasteiger partial charge in [-0.2, -0.15) is 0 Å². The predicted octanol–water partition coefficient (Wildman–Crippen LogP) is 2.45. The van der Waals surface area contributed by atoms with Crippen molar-refractivity contribution in [3.8, 4) is 11.5 Å². The number of methoxy groups -OCH3 is 2. The lowest BCUT2D eigenvalue weighted by Gasteiger charge is -2.20. The fourth-order valence-corrected chi connectivity index (χ4v) is 2.77. The molecule has 2 rings (SSSR count). The van der Waals surface area contributed by atoms with Gasteiger partial charge < -0.3 is 19.7 Å². The molecule has 0 aliphatic heterocycles. The van der Waals surface area contributed by atoms with Crippen molar-refractivity contribution in [2.24, 2.45) is 0 Å². The molecule has 6 heteroatoms. The fraction of sp³-hybridized carbons (Fsp3) is 0.364. The van der Waals surface area contributed by atoms with Crippen LogP contribution < -0.4 is 14.8 Å². The molecule has 0 saturated heterocycles. The molecule has 0 aliphatic carbocycles. The van der Waals surface area contributed by atoms with Crippen molar-refractivity contribution in [1.29, 1.82) is 0 Å². The maximum Gasteiger partial charge on any atom is 0.239 e. The smallest absolute Gasteiger partial charge is 0.239 e. The van der Waals surface area contributed by atoms with Crippen LogP contribution >= 0.6 is 0 Å². The first kappa shape index (κ1) is 21.3. The molecule has 0 atom stereocenters. The number of nitrogens with one attached hydrogen (secondary N) is 1. The van der Waals surface area contributed by atoms with Crippen LogP contribution in [0, 0.1) is 0 Å². The van der Waals surface area contributed by atoms with Gasteiger partial charge in [0.1, 0.15) is 11.5 Å². The average Bonchev–Trinajstić information content (AvgIpc) is 2.71. The summed E-state index contributed by atoms with van der Waals surface area (Å²) in [6, 6.07) is 15.4. The largest absolute Gasteiger partial charge is 0.497 e. The molecule has 150 valence electrons. The van der Waals surface area contributed by atoms with Crippen LogP contribution in [0.5, 0.6) is 11.5 Å². The normalized spacial score (nSPS) is 10.2. The van der Waals surface area contributed by atoms with E-state index in [1.807, 2.05) is 48.5 Å². The van der Waals surface area contributed by atoms with Crippen molar-refractivity contribution in [3.63, 3.8) is 0 Å². The number of amides is 2. The number of rotatable bonds is 10. The van der Waals surface area contributed by atoms with Crippen molar-refractivity contribution in [1.82, 2.24) is 10.2 Å². The number of nitrogens with zero attached hydrogens (tertiary/aromatic N) is 1. The topological polar surface area (TPSA) is 67.9 Å². The van der Waals surface area contributed by atoms with Gasteiger partial charge in [-0.1, -0.05) is 24.3 Å². The highest BCUT2D eigenvalue weighted by atomic mass is 16.5. The molecule has 0 spiro atoms. The van der Waals surface area contributed by atoms with Crippen LogP contribution in [0.25, 0.3) is 0 Å². The van der Waals surface area contributed by atoms with Gasteiger partial charge in [-0.25, -0.2) is 0 Å². The summed E-state index contributed by atoms with van der Waals surface area (Å²) in [6.45, 7) is 2.57. The molecule has 0 saturated carbocycles. The van der Waals surface area contributed by atoms with Gasteiger partial charge in [0.25, 0.3) is 0 Å². The number of carbonyl (C=O) groups is 2. The van der Waals surface area contributed by atoms with E-state index < -0.39 is 0 Å². The van der Waals surface area contributed by atoms with E-state index in [-0.39, 0.29) is 18.4 Å². The molecule has 2 aromatic carbocycles. The van der Waals surface area contributed by atoms with Crippen LogP contribution in [0.4, 0.5) is 0 Å². The first-order chi connectivity index (χ1) is 13.5. The zero-order valence-electron chi connectivity index (χ0n) is 16.7. The van der Waals surface area contributed by atoms with Gasteiger partial charge in [0, 0.05) is 20.0 Å². The second-order valence-electron chi connectivity index (χ2n) is 6.49. The standard InChI is InChI=1S/C22H28N2O4/c1-17(25)24(15-13-19-6-10-21(28-3)11-7-19)16-22(26)23-14-12-18-4-8-20(27-2)9-5-18/h4-11H,12-16H2,1-3H3,(H,23,26). The molecule has 2 aromatic rings. The van der Waals surface area contributed by atoms with Crippen molar-refractivity contribution in [3.05, 3.63) is 59.7 Å². The van der Waals surface area contributed by atoms with Gasteiger partial charge in [-0.15, -0.1) is 0 Å². The Labute approximate surface area is 166 Å². The Hall–Kier alpha value is -3.02. The lowest BCUT2D eigenvalue weighted by Crippen LogP contribution is -2.41. The van der Waals surface area contributed by atoms with E-state index >= 15 is 0 Å². The van der Waals surface area contributed by atoms with Gasteiger partial charge in [0.2, 0.25) is 11.8 Å². The second kappa shape index (κ2) is 11.0. The molecule has 1 N–H and O–H groups in total. The zero-order chi connectivity index (χ0) is 20.4. The highest BCUT2D eigenvalue weighted by molar-refractivity contribution is 5.83. The SMILES string of the molecule is COc1ccc(CCNC(=O)CN(CCc2ccc(OC)cc2)C(C)=O)cc1. The monoisotopic (exact) mass is 384 g/mol. The molecule has 0 aliphatic rings. The van der Waals surface area contributed by atoms with Crippen LogP contribution in [-0.2, 0) is 22.4 Å². The minimum absolute atomic E-state index is 0.0636. The van der Waals surface area contributed by atoms with Gasteiger partial charge in [0.05, 0.1) is 20.8 Å². The van der Waals surface area contributed by atoms with Crippen LogP contribution in [0.15, 0.2) is 48.5 Å². The van der Waals surface area contributed by atoms with Crippen molar-refractivity contribution in [2.75, 3.05) is 33.9 Å². The van der Waals surface area contributed by atoms with Crippen molar-refractivity contribution in [2.45, 2.75) is 19.8 Å². The highest BCUT2D eigenvalue weighted by Gasteiger charge is 2.13. The third-order valence-electron chi connectivity index (χ3n) is 4.50. The minimum Gasteiger partial charge on any atom is -0.497 e. The number of ether oxygens (including phenoxy) is 2. The Kier molecular flexibility index (Phi) is 8.34. The van der Waals surface area contributed by atoms with Crippen molar-refractivity contribution < 1.29 is 19.1 Å². The average molecular weight is 384 g/mol. The first-order valence-corrected chi connectivity index (χ1v) is 9.30. The second-order valence-corrected chi connectivity index (χ2v) is 6.49. The summed E-state index contributed by atoms with van der Waals surface area (Å²) < 4.78 is 10.3. The Balaban J connectivity index is 1.76. The lowest BCUT2D eigenvalue weighted by molar-refractivity contribution is -0.134. The lowest BCUT2D eigenvalue weighted by atomic mass is 10.1. The van der Waals surface area contributed by atoms with Crippen LogP contribution in [0.3, 0.4) is 0 Å². The molecular formula is C22H28N2O4. The highest BCUT2D eigenvalue weighted by Crippen LogP contribution is 2.12. The summed E-state index contributed by atoms with van der Waals surface area (Å²) in [5.74, 6) is 1.34. The summed E-state index contributed by atoms with van der Waals surface area (Å²) >= 11 is 0. The molecular weight excluding hydrogens is 356 g/mol. The third kappa shape index (κ3) is 6.95. The van der Waals surface area contributed by atoms with E-state index in [4.69, 9.17) is 9.47 Å². The number of carbonyl (C=O) groups excluding carboxylic acids is 2. The van der Waals surface area contributed by atoms with Gasteiger partial charge in [-0.05, 0) is 48.2 Å². The quantitative estimate of drug-likeness (QED) is 0.683. The number of hydrogen-bond acceptors (Lipinski definition) is 4. The Bertz CT molecular complexity index is 757. The van der Waals surface area contributed by atoms with Gasteiger partial charge in [0.15, 0.2) is 0 Å². The maximum atomic E-state index is 12.2.